The van der Waals surface area contributed by atoms with Crippen LogP contribution in [0.2, 0.25) is 0 Å². The molecule has 0 fully saturated rings. The summed E-state index contributed by atoms with van der Waals surface area (Å²) in [5, 5.41) is 7.53. The number of amides is 1. The standard InChI is InChI=1S/C23H23N3O2S3/c1-14-11-15(2)20(16(3)12-14)25-19(27)13-31-23-24-18-7-10-30-21(18)22(28)26(23)8-6-17-5-4-9-29-17/h4-5,7,9-12H,6,8,13H2,1-3H3,(H,25,27). The van der Waals surface area contributed by atoms with E-state index in [1.807, 2.05) is 43.7 Å². The lowest BCUT2D eigenvalue weighted by Crippen LogP contribution is -2.24. The lowest BCUT2D eigenvalue weighted by Gasteiger charge is -2.14. The van der Waals surface area contributed by atoms with E-state index in [9.17, 15) is 9.59 Å². The molecule has 0 aliphatic heterocycles. The fourth-order valence-electron chi connectivity index (χ4n) is 3.59. The van der Waals surface area contributed by atoms with Gasteiger partial charge in [0.05, 0.1) is 11.3 Å². The van der Waals surface area contributed by atoms with Gasteiger partial charge in [-0.1, -0.05) is 35.5 Å². The lowest BCUT2D eigenvalue weighted by molar-refractivity contribution is -0.113. The molecule has 3 aromatic heterocycles. The van der Waals surface area contributed by atoms with E-state index in [4.69, 9.17) is 0 Å². The Bertz CT molecular complexity index is 1270. The van der Waals surface area contributed by atoms with Gasteiger partial charge in [0, 0.05) is 17.1 Å². The average Bonchev–Trinajstić information content (AvgIpc) is 3.40. The quantitative estimate of drug-likeness (QED) is 0.290. The molecule has 0 atom stereocenters. The van der Waals surface area contributed by atoms with E-state index in [-0.39, 0.29) is 17.2 Å². The molecule has 5 nitrogen and oxygen atoms in total. The number of thioether (sulfide) groups is 1. The van der Waals surface area contributed by atoms with Crippen LogP contribution in [0, 0.1) is 20.8 Å². The van der Waals surface area contributed by atoms with Gasteiger partial charge in [0.2, 0.25) is 5.91 Å². The molecular formula is C23H23N3O2S3. The molecule has 160 valence electrons. The van der Waals surface area contributed by atoms with Gasteiger partial charge in [0.15, 0.2) is 5.16 Å². The molecule has 4 aromatic rings. The van der Waals surface area contributed by atoms with Crippen LogP contribution < -0.4 is 10.9 Å². The number of carbonyl (C=O) groups excluding carboxylic acids is 1. The zero-order valence-corrected chi connectivity index (χ0v) is 20.0. The maximum atomic E-state index is 13.0. The van der Waals surface area contributed by atoms with Gasteiger partial charge in [-0.2, -0.15) is 0 Å². The molecule has 3 heterocycles. The number of fused-ring (bicyclic) bond motifs is 1. The summed E-state index contributed by atoms with van der Waals surface area (Å²) in [5.74, 6) is 0.0814. The van der Waals surface area contributed by atoms with Crippen molar-refractivity contribution in [3.63, 3.8) is 0 Å². The zero-order chi connectivity index (χ0) is 22.0. The smallest absolute Gasteiger partial charge is 0.272 e. The Labute approximate surface area is 193 Å². The number of benzene rings is 1. The molecule has 0 radical (unpaired) electrons. The summed E-state index contributed by atoms with van der Waals surface area (Å²) in [6.07, 6.45) is 0.762. The van der Waals surface area contributed by atoms with Gasteiger partial charge in [0.25, 0.3) is 5.56 Å². The lowest BCUT2D eigenvalue weighted by atomic mass is 10.1. The van der Waals surface area contributed by atoms with Crippen molar-refractivity contribution in [1.82, 2.24) is 9.55 Å². The van der Waals surface area contributed by atoms with Crippen LogP contribution in [0.25, 0.3) is 10.2 Å². The van der Waals surface area contributed by atoms with Gasteiger partial charge in [0.1, 0.15) is 4.70 Å². The van der Waals surface area contributed by atoms with Crippen LogP contribution in [0.1, 0.15) is 21.6 Å². The molecule has 1 aromatic carbocycles. The molecule has 0 unspecified atom stereocenters. The van der Waals surface area contributed by atoms with E-state index in [1.54, 1.807) is 15.9 Å². The summed E-state index contributed by atoms with van der Waals surface area (Å²) in [6, 6.07) is 10.1. The third kappa shape index (κ3) is 4.92. The van der Waals surface area contributed by atoms with Gasteiger partial charge in [-0.25, -0.2) is 4.98 Å². The van der Waals surface area contributed by atoms with E-state index in [1.165, 1.54) is 33.5 Å². The van der Waals surface area contributed by atoms with E-state index in [0.717, 1.165) is 23.2 Å². The second kappa shape index (κ2) is 9.38. The molecule has 1 N–H and O–H groups in total. The number of nitrogens with one attached hydrogen (secondary N) is 1. The fourth-order valence-corrected chi connectivity index (χ4v) is 5.89. The van der Waals surface area contributed by atoms with Crippen molar-refractivity contribution >= 4 is 56.2 Å². The molecule has 31 heavy (non-hydrogen) atoms. The van der Waals surface area contributed by atoms with E-state index in [0.29, 0.717) is 21.9 Å². The molecular weight excluding hydrogens is 446 g/mol. The van der Waals surface area contributed by atoms with Crippen molar-refractivity contribution in [1.29, 1.82) is 0 Å². The molecule has 0 bridgehead atoms. The Hall–Kier alpha value is -2.42. The third-order valence-electron chi connectivity index (χ3n) is 4.97. The number of anilines is 1. The molecule has 0 spiro atoms. The number of hydrogen-bond acceptors (Lipinski definition) is 6. The number of rotatable bonds is 7. The van der Waals surface area contributed by atoms with Crippen LogP contribution in [-0.4, -0.2) is 21.2 Å². The number of hydrogen-bond donors (Lipinski definition) is 1. The van der Waals surface area contributed by atoms with E-state index in [2.05, 4.69) is 28.5 Å². The minimum Gasteiger partial charge on any atom is -0.325 e. The van der Waals surface area contributed by atoms with Crippen molar-refractivity contribution in [2.45, 2.75) is 38.9 Å². The van der Waals surface area contributed by atoms with Crippen molar-refractivity contribution in [2.75, 3.05) is 11.1 Å². The summed E-state index contributed by atoms with van der Waals surface area (Å²) < 4.78 is 2.37. The first-order chi connectivity index (χ1) is 14.9. The van der Waals surface area contributed by atoms with Gasteiger partial charge >= 0.3 is 0 Å². The Morgan fingerprint density at radius 2 is 1.90 bits per heavy atom. The zero-order valence-electron chi connectivity index (χ0n) is 17.6. The minimum absolute atomic E-state index is 0.0373. The van der Waals surface area contributed by atoms with Crippen molar-refractivity contribution in [3.05, 3.63) is 73.0 Å². The first-order valence-corrected chi connectivity index (χ1v) is 12.7. The number of thiophene rings is 2. The minimum atomic E-state index is -0.107. The predicted molar refractivity (Wildman–Crippen MR) is 132 cm³/mol. The highest BCUT2D eigenvalue weighted by atomic mass is 32.2. The largest absolute Gasteiger partial charge is 0.325 e. The van der Waals surface area contributed by atoms with Crippen LogP contribution in [0.3, 0.4) is 0 Å². The summed E-state index contributed by atoms with van der Waals surface area (Å²) in [7, 11) is 0. The van der Waals surface area contributed by atoms with Crippen molar-refractivity contribution in [2.24, 2.45) is 0 Å². The van der Waals surface area contributed by atoms with Gasteiger partial charge < -0.3 is 5.32 Å². The fraction of sp³-hybridized carbons (Fsp3) is 0.261. The highest BCUT2D eigenvalue weighted by molar-refractivity contribution is 7.99. The first kappa shape index (κ1) is 21.8. The van der Waals surface area contributed by atoms with Gasteiger partial charge in [-0.3, -0.25) is 14.2 Å². The summed E-state index contributed by atoms with van der Waals surface area (Å²) in [6.45, 7) is 6.58. The molecule has 0 saturated heterocycles. The monoisotopic (exact) mass is 469 g/mol. The average molecular weight is 470 g/mol. The number of aromatic nitrogens is 2. The van der Waals surface area contributed by atoms with Crippen LogP contribution in [0.15, 0.2) is 51.0 Å². The van der Waals surface area contributed by atoms with Crippen LogP contribution in [0.4, 0.5) is 5.69 Å². The SMILES string of the molecule is Cc1cc(C)c(NC(=O)CSc2nc3ccsc3c(=O)n2CCc2cccs2)c(C)c1. The first-order valence-electron chi connectivity index (χ1n) is 9.93. The van der Waals surface area contributed by atoms with Gasteiger partial charge in [-0.15, -0.1) is 22.7 Å². The number of aryl methyl sites for hydroxylation is 4. The summed E-state index contributed by atoms with van der Waals surface area (Å²) in [5.41, 5.74) is 4.76. The van der Waals surface area contributed by atoms with Crippen LogP contribution in [0.5, 0.6) is 0 Å². The normalized spacial score (nSPS) is 11.2. The second-order valence-electron chi connectivity index (χ2n) is 7.43. The Kier molecular flexibility index (Phi) is 6.60. The molecule has 0 aliphatic rings. The Morgan fingerprint density at radius 1 is 1.13 bits per heavy atom. The molecule has 8 heteroatoms. The van der Waals surface area contributed by atoms with Crippen molar-refractivity contribution in [3.8, 4) is 0 Å². The van der Waals surface area contributed by atoms with Crippen LogP contribution >= 0.6 is 34.4 Å². The summed E-state index contributed by atoms with van der Waals surface area (Å²) in [4.78, 5) is 31.6. The molecule has 0 aliphatic carbocycles. The molecule has 1 amide bonds. The topological polar surface area (TPSA) is 64.0 Å². The van der Waals surface area contributed by atoms with E-state index < -0.39 is 0 Å². The predicted octanol–water partition coefficient (Wildman–Crippen LogP) is 5.42. The number of nitrogens with zero attached hydrogens (tertiary/aromatic N) is 2. The second-order valence-corrected chi connectivity index (χ2v) is 10.3. The highest BCUT2D eigenvalue weighted by Crippen LogP contribution is 2.24. The third-order valence-corrected chi connectivity index (χ3v) is 7.77. The summed E-state index contributed by atoms with van der Waals surface area (Å²) >= 11 is 4.39. The molecule has 0 saturated carbocycles. The highest BCUT2D eigenvalue weighted by Gasteiger charge is 2.15. The molecule has 4 rings (SSSR count). The van der Waals surface area contributed by atoms with Gasteiger partial charge in [-0.05, 0) is 61.2 Å². The van der Waals surface area contributed by atoms with E-state index >= 15 is 0 Å². The maximum absolute atomic E-state index is 13.0. The Morgan fingerprint density at radius 3 is 2.61 bits per heavy atom. The Balaban J connectivity index is 1.54. The van der Waals surface area contributed by atoms with Crippen LogP contribution in [-0.2, 0) is 17.8 Å². The number of carbonyl (C=O) groups is 1. The maximum Gasteiger partial charge on any atom is 0.272 e. The van der Waals surface area contributed by atoms with Crippen molar-refractivity contribution < 1.29 is 4.79 Å².